The van der Waals surface area contributed by atoms with Crippen molar-refractivity contribution < 1.29 is 4.79 Å². The van der Waals surface area contributed by atoms with Crippen LogP contribution >= 0.6 is 0 Å². The van der Waals surface area contributed by atoms with Crippen LogP contribution in [-0.2, 0) is 0 Å². The SMILES string of the molecule is CC(C)n1cc2cc(NC(=O)N3CCC4C(CCCN4C4CC4)C3)ccc2n1. The molecular formula is C22H31N5O. The molecule has 3 aliphatic rings. The number of nitrogens with one attached hydrogen (secondary N) is 1. The van der Waals surface area contributed by atoms with Crippen LogP contribution in [0.25, 0.3) is 10.9 Å². The van der Waals surface area contributed by atoms with Crippen molar-refractivity contribution in [2.24, 2.45) is 5.92 Å². The number of carbonyl (C=O) groups excluding carboxylic acids is 1. The highest BCUT2D eigenvalue weighted by atomic mass is 16.2. The summed E-state index contributed by atoms with van der Waals surface area (Å²) in [6, 6.07) is 7.89. The van der Waals surface area contributed by atoms with Crippen molar-refractivity contribution in [1.29, 1.82) is 0 Å². The summed E-state index contributed by atoms with van der Waals surface area (Å²) in [5.74, 6) is 0.639. The van der Waals surface area contributed by atoms with Crippen LogP contribution < -0.4 is 5.32 Å². The van der Waals surface area contributed by atoms with Crippen LogP contribution in [0.3, 0.4) is 0 Å². The Bertz CT molecular complexity index is 871. The smallest absolute Gasteiger partial charge is 0.321 e. The van der Waals surface area contributed by atoms with Crippen LogP contribution in [0.4, 0.5) is 10.5 Å². The lowest BCUT2D eigenvalue weighted by molar-refractivity contribution is 0.0315. The van der Waals surface area contributed by atoms with Crippen molar-refractivity contribution in [1.82, 2.24) is 19.6 Å². The lowest BCUT2D eigenvalue weighted by Gasteiger charge is -2.47. The van der Waals surface area contributed by atoms with E-state index in [0.717, 1.165) is 42.1 Å². The van der Waals surface area contributed by atoms with Crippen molar-refractivity contribution in [2.75, 3.05) is 25.0 Å². The molecule has 5 rings (SSSR count). The third-order valence-corrected chi connectivity index (χ3v) is 6.72. The second-order valence-corrected chi connectivity index (χ2v) is 9.08. The largest absolute Gasteiger partial charge is 0.324 e. The quantitative estimate of drug-likeness (QED) is 0.871. The number of fused-ring (bicyclic) bond motifs is 2. The van der Waals surface area contributed by atoms with E-state index in [-0.39, 0.29) is 6.03 Å². The third kappa shape index (κ3) is 3.39. The van der Waals surface area contributed by atoms with Gasteiger partial charge in [-0.05, 0) is 76.6 Å². The van der Waals surface area contributed by atoms with E-state index in [2.05, 4.69) is 35.4 Å². The van der Waals surface area contributed by atoms with E-state index in [1.165, 1.54) is 32.2 Å². The van der Waals surface area contributed by atoms with Crippen LogP contribution in [0.1, 0.15) is 52.0 Å². The number of hydrogen-bond acceptors (Lipinski definition) is 3. The highest BCUT2D eigenvalue weighted by Crippen LogP contribution is 2.38. The first-order valence-corrected chi connectivity index (χ1v) is 10.9. The van der Waals surface area contributed by atoms with Crippen molar-refractivity contribution in [3.05, 3.63) is 24.4 Å². The lowest BCUT2D eigenvalue weighted by Crippen LogP contribution is -2.56. The van der Waals surface area contributed by atoms with Crippen molar-refractivity contribution in [3.63, 3.8) is 0 Å². The summed E-state index contributed by atoms with van der Waals surface area (Å²) < 4.78 is 1.97. The summed E-state index contributed by atoms with van der Waals surface area (Å²) in [6.07, 6.45) is 8.47. The molecule has 0 radical (unpaired) electrons. The number of aromatic nitrogens is 2. The Morgan fingerprint density at radius 2 is 2.04 bits per heavy atom. The molecule has 1 aromatic heterocycles. The van der Waals surface area contributed by atoms with E-state index in [1.807, 2.05) is 27.8 Å². The van der Waals surface area contributed by atoms with E-state index in [1.54, 1.807) is 0 Å². The second-order valence-electron chi connectivity index (χ2n) is 9.08. The average molecular weight is 382 g/mol. The van der Waals surface area contributed by atoms with Gasteiger partial charge in [0.2, 0.25) is 0 Å². The van der Waals surface area contributed by atoms with Gasteiger partial charge in [-0.2, -0.15) is 5.10 Å². The van der Waals surface area contributed by atoms with Gasteiger partial charge in [-0.15, -0.1) is 0 Å². The lowest BCUT2D eigenvalue weighted by atomic mass is 9.84. The summed E-state index contributed by atoms with van der Waals surface area (Å²) in [6.45, 7) is 7.26. The third-order valence-electron chi connectivity index (χ3n) is 6.72. The van der Waals surface area contributed by atoms with Gasteiger partial charge in [0.15, 0.2) is 0 Å². The second kappa shape index (κ2) is 7.07. The fourth-order valence-corrected chi connectivity index (χ4v) is 5.08. The molecule has 6 heteroatoms. The van der Waals surface area contributed by atoms with Crippen LogP contribution in [-0.4, -0.2) is 57.3 Å². The normalized spacial score (nSPS) is 25.9. The Labute approximate surface area is 166 Å². The van der Waals surface area contributed by atoms with Crippen LogP contribution in [0.2, 0.25) is 0 Å². The van der Waals surface area contributed by atoms with Crippen molar-refractivity contribution >= 4 is 22.6 Å². The number of amides is 2. The summed E-state index contributed by atoms with van der Waals surface area (Å²) in [5, 5.41) is 8.77. The molecule has 1 aliphatic carbocycles. The molecule has 1 N–H and O–H groups in total. The molecule has 2 aliphatic heterocycles. The van der Waals surface area contributed by atoms with Crippen LogP contribution in [0, 0.1) is 5.92 Å². The van der Waals surface area contributed by atoms with Gasteiger partial charge in [-0.25, -0.2) is 4.79 Å². The summed E-state index contributed by atoms with van der Waals surface area (Å²) in [7, 11) is 0. The Morgan fingerprint density at radius 1 is 1.18 bits per heavy atom. The van der Waals surface area contributed by atoms with Gasteiger partial charge in [0.25, 0.3) is 0 Å². The molecule has 0 bridgehead atoms. The van der Waals surface area contributed by atoms with Crippen LogP contribution in [0.15, 0.2) is 24.4 Å². The van der Waals surface area contributed by atoms with E-state index in [9.17, 15) is 4.79 Å². The molecule has 1 aromatic carbocycles. The van der Waals surface area contributed by atoms with Gasteiger partial charge < -0.3 is 10.2 Å². The number of rotatable bonds is 3. The highest BCUT2D eigenvalue weighted by Gasteiger charge is 2.42. The zero-order valence-corrected chi connectivity index (χ0v) is 17.0. The molecule has 6 nitrogen and oxygen atoms in total. The first-order valence-electron chi connectivity index (χ1n) is 10.9. The van der Waals surface area contributed by atoms with E-state index < -0.39 is 0 Å². The van der Waals surface area contributed by atoms with Crippen LogP contribution in [0.5, 0.6) is 0 Å². The van der Waals surface area contributed by atoms with Crippen molar-refractivity contribution in [3.8, 4) is 0 Å². The topological polar surface area (TPSA) is 53.4 Å². The molecular weight excluding hydrogens is 350 g/mol. The Morgan fingerprint density at radius 3 is 2.82 bits per heavy atom. The number of anilines is 1. The predicted molar refractivity (Wildman–Crippen MR) is 112 cm³/mol. The van der Waals surface area contributed by atoms with Gasteiger partial charge in [-0.3, -0.25) is 9.58 Å². The Kier molecular flexibility index (Phi) is 4.54. The zero-order chi connectivity index (χ0) is 19.3. The molecule has 2 amide bonds. The number of carbonyl (C=O) groups is 1. The maximum absolute atomic E-state index is 12.9. The van der Waals surface area contributed by atoms with Gasteiger partial charge in [0, 0.05) is 48.5 Å². The van der Waals surface area contributed by atoms with Gasteiger partial charge in [-0.1, -0.05) is 0 Å². The van der Waals surface area contributed by atoms with E-state index in [4.69, 9.17) is 0 Å². The molecule has 3 fully saturated rings. The van der Waals surface area contributed by atoms with E-state index >= 15 is 0 Å². The summed E-state index contributed by atoms with van der Waals surface area (Å²) in [5.41, 5.74) is 1.82. The minimum absolute atomic E-state index is 0.0394. The Balaban J connectivity index is 1.25. The molecule has 0 spiro atoms. The summed E-state index contributed by atoms with van der Waals surface area (Å²) in [4.78, 5) is 17.7. The molecule has 1 saturated carbocycles. The minimum Gasteiger partial charge on any atom is -0.324 e. The van der Waals surface area contributed by atoms with Crippen molar-refractivity contribution in [2.45, 2.75) is 64.1 Å². The standard InChI is InChI=1S/C22H31N5O/c1-15(2)27-14-17-12-18(5-8-20(17)24-27)23-22(28)25-11-9-21-16(13-25)4-3-10-26(21)19-6-7-19/h5,8,12,14-16,19,21H,3-4,6-7,9-11,13H2,1-2H3,(H,23,28). The fraction of sp³-hybridized carbons (Fsp3) is 0.636. The van der Waals surface area contributed by atoms with Gasteiger partial charge in [0.1, 0.15) is 0 Å². The zero-order valence-electron chi connectivity index (χ0n) is 17.0. The molecule has 2 saturated heterocycles. The predicted octanol–water partition coefficient (Wildman–Crippen LogP) is 4.10. The molecule has 2 aromatic rings. The number of piperidine rings is 2. The minimum atomic E-state index is 0.0394. The Hall–Kier alpha value is -2.08. The average Bonchev–Trinajstić information content (AvgIpc) is 3.45. The number of benzene rings is 1. The van der Waals surface area contributed by atoms with E-state index in [0.29, 0.717) is 18.0 Å². The first kappa shape index (κ1) is 18.0. The molecule has 2 unspecified atom stereocenters. The molecule has 28 heavy (non-hydrogen) atoms. The van der Waals surface area contributed by atoms with Gasteiger partial charge >= 0.3 is 6.03 Å². The van der Waals surface area contributed by atoms with Gasteiger partial charge in [0.05, 0.1) is 5.52 Å². The monoisotopic (exact) mass is 381 g/mol. The molecule has 150 valence electrons. The maximum Gasteiger partial charge on any atom is 0.321 e. The maximum atomic E-state index is 12.9. The highest BCUT2D eigenvalue weighted by molar-refractivity contribution is 5.92. The number of hydrogen-bond donors (Lipinski definition) is 1. The number of nitrogens with zero attached hydrogens (tertiary/aromatic N) is 4. The molecule has 3 heterocycles. The fourth-order valence-electron chi connectivity index (χ4n) is 5.08. The molecule has 2 atom stereocenters. The number of likely N-dealkylation sites (tertiary alicyclic amines) is 2. The first-order chi connectivity index (χ1) is 13.6. The number of urea groups is 1. The summed E-state index contributed by atoms with van der Waals surface area (Å²) >= 11 is 0.